The lowest BCUT2D eigenvalue weighted by atomic mass is 10.1. The Kier molecular flexibility index (Phi) is 7.30. The summed E-state index contributed by atoms with van der Waals surface area (Å²) in [6.07, 6.45) is 2.42. The first-order valence-electron chi connectivity index (χ1n) is 9.78. The number of hydrogen-bond donors (Lipinski definition) is 1. The molecular weight excluding hydrogens is 436 g/mol. The molecule has 0 radical (unpaired) electrons. The Morgan fingerprint density at radius 2 is 1.84 bits per heavy atom. The number of ether oxygens (including phenoxy) is 2. The predicted octanol–water partition coefficient (Wildman–Crippen LogP) is 4.60. The van der Waals surface area contributed by atoms with Crippen molar-refractivity contribution in [1.29, 1.82) is 0 Å². The van der Waals surface area contributed by atoms with Crippen molar-refractivity contribution in [1.82, 2.24) is 5.32 Å². The molecule has 0 aliphatic carbocycles. The van der Waals surface area contributed by atoms with Crippen molar-refractivity contribution in [3.05, 3.63) is 58.6 Å². The first kappa shape index (κ1) is 22.8. The molecule has 0 atom stereocenters. The molecular formula is C23H23ClN2O4S. The van der Waals surface area contributed by atoms with Crippen LogP contribution in [0.3, 0.4) is 0 Å². The molecule has 1 aliphatic rings. The first-order chi connectivity index (χ1) is 14.8. The third kappa shape index (κ3) is 5.42. The zero-order chi connectivity index (χ0) is 22.5. The SMILES string of the molecule is COc1cc(C=C2C(=O)NC(=S)N(c3ccc(Cl)cc3)C2=O)ccc1OCCC(C)C. The molecule has 1 N–H and O–H groups in total. The summed E-state index contributed by atoms with van der Waals surface area (Å²) < 4.78 is 11.2. The van der Waals surface area contributed by atoms with Crippen LogP contribution in [0.2, 0.25) is 5.02 Å². The first-order valence-corrected chi connectivity index (χ1v) is 10.6. The number of anilines is 1. The quantitative estimate of drug-likeness (QED) is 0.373. The molecule has 1 saturated heterocycles. The van der Waals surface area contributed by atoms with E-state index in [1.165, 1.54) is 11.0 Å². The number of nitrogens with one attached hydrogen (secondary N) is 1. The van der Waals surface area contributed by atoms with Gasteiger partial charge in [0.1, 0.15) is 5.57 Å². The monoisotopic (exact) mass is 458 g/mol. The van der Waals surface area contributed by atoms with Crippen LogP contribution in [0.25, 0.3) is 6.08 Å². The van der Waals surface area contributed by atoms with E-state index in [9.17, 15) is 9.59 Å². The van der Waals surface area contributed by atoms with Crippen LogP contribution in [0.15, 0.2) is 48.0 Å². The van der Waals surface area contributed by atoms with Crippen LogP contribution in [0.5, 0.6) is 11.5 Å². The molecule has 0 aromatic heterocycles. The normalized spacial score (nSPS) is 15.5. The largest absolute Gasteiger partial charge is 0.493 e. The molecule has 31 heavy (non-hydrogen) atoms. The highest BCUT2D eigenvalue weighted by Crippen LogP contribution is 2.30. The Morgan fingerprint density at radius 1 is 1.13 bits per heavy atom. The third-order valence-electron chi connectivity index (χ3n) is 4.64. The fourth-order valence-electron chi connectivity index (χ4n) is 2.95. The van der Waals surface area contributed by atoms with Crippen LogP contribution >= 0.6 is 23.8 Å². The lowest BCUT2D eigenvalue weighted by Crippen LogP contribution is -2.54. The molecule has 1 fully saturated rings. The molecule has 3 rings (SSSR count). The lowest BCUT2D eigenvalue weighted by molar-refractivity contribution is -0.122. The van der Waals surface area contributed by atoms with Gasteiger partial charge in [-0.3, -0.25) is 19.8 Å². The maximum absolute atomic E-state index is 13.1. The summed E-state index contributed by atoms with van der Waals surface area (Å²) in [6.45, 7) is 4.82. The molecule has 0 saturated carbocycles. The smallest absolute Gasteiger partial charge is 0.270 e. The number of carbonyl (C=O) groups is 2. The molecule has 2 aromatic rings. The van der Waals surface area contributed by atoms with E-state index in [0.29, 0.717) is 40.3 Å². The van der Waals surface area contributed by atoms with Crippen molar-refractivity contribution in [2.45, 2.75) is 20.3 Å². The summed E-state index contributed by atoms with van der Waals surface area (Å²) in [7, 11) is 1.54. The number of benzene rings is 2. The Hall–Kier alpha value is -2.90. The van der Waals surface area contributed by atoms with Crippen molar-refractivity contribution in [2.75, 3.05) is 18.6 Å². The number of carbonyl (C=O) groups excluding carboxylic acids is 2. The number of methoxy groups -OCH3 is 1. The minimum atomic E-state index is -0.559. The molecule has 6 nitrogen and oxygen atoms in total. The second-order valence-electron chi connectivity index (χ2n) is 7.38. The molecule has 2 amide bonds. The number of halogens is 1. The third-order valence-corrected chi connectivity index (χ3v) is 5.17. The Morgan fingerprint density at radius 3 is 2.48 bits per heavy atom. The van der Waals surface area contributed by atoms with E-state index in [1.807, 2.05) is 0 Å². The number of hydrogen-bond acceptors (Lipinski definition) is 5. The molecule has 1 aliphatic heterocycles. The predicted molar refractivity (Wildman–Crippen MR) is 126 cm³/mol. The van der Waals surface area contributed by atoms with E-state index in [-0.39, 0.29) is 10.7 Å². The molecule has 8 heteroatoms. The van der Waals surface area contributed by atoms with Gasteiger partial charge in [0, 0.05) is 5.02 Å². The van der Waals surface area contributed by atoms with E-state index in [1.54, 1.807) is 49.6 Å². The summed E-state index contributed by atoms with van der Waals surface area (Å²) in [6, 6.07) is 11.9. The highest BCUT2D eigenvalue weighted by molar-refractivity contribution is 7.80. The second-order valence-corrected chi connectivity index (χ2v) is 8.20. The van der Waals surface area contributed by atoms with Gasteiger partial charge in [-0.05, 0) is 72.6 Å². The van der Waals surface area contributed by atoms with Gasteiger partial charge in [-0.1, -0.05) is 31.5 Å². The molecule has 0 bridgehead atoms. The highest BCUT2D eigenvalue weighted by atomic mass is 35.5. The Balaban J connectivity index is 1.88. The van der Waals surface area contributed by atoms with Crippen LogP contribution in [-0.2, 0) is 9.59 Å². The van der Waals surface area contributed by atoms with E-state index in [0.717, 1.165) is 6.42 Å². The topological polar surface area (TPSA) is 67.9 Å². The van der Waals surface area contributed by atoms with E-state index in [4.69, 9.17) is 33.3 Å². The van der Waals surface area contributed by atoms with Crippen LogP contribution in [0.4, 0.5) is 5.69 Å². The number of nitrogens with zero attached hydrogens (tertiary/aromatic N) is 1. The van der Waals surface area contributed by atoms with Gasteiger partial charge in [0.2, 0.25) is 0 Å². The fraction of sp³-hybridized carbons (Fsp3) is 0.261. The summed E-state index contributed by atoms with van der Waals surface area (Å²) in [5.74, 6) is 0.574. The molecule has 0 spiro atoms. The Bertz CT molecular complexity index is 1030. The van der Waals surface area contributed by atoms with Crippen molar-refractivity contribution in [2.24, 2.45) is 5.92 Å². The van der Waals surface area contributed by atoms with Crippen molar-refractivity contribution in [3.8, 4) is 11.5 Å². The van der Waals surface area contributed by atoms with Crippen LogP contribution in [0, 0.1) is 5.92 Å². The molecule has 162 valence electrons. The highest BCUT2D eigenvalue weighted by Gasteiger charge is 2.34. The standard InChI is InChI=1S/C23H23ClN2O4S/c1-14(2)10-11-30-19-9-4-15(13-20(19)29-3)12-18-21(27)25-23(31)26(22(18)28)17-7-5-16(24)6-8-17/h4-9,12-14H,10-11H2,1-3H3,(H,25,27,31). The second kappa shape index (κ2) is 9.94. The number of amides is 2. The van der Waals surface area contributed by atoms with Crippen molar-refractivity contribution >= 4 is 52.5 Å². The molecule has 0 unspecified atom stereocenters. The van der Waals surface area contributed by atoms with Gasteiger partial charge in [-0.25, -0.2) is 0 Å². The number of thiocarbonyl (C=S) groups is 1. The van der Waals surface area contributed by atoms with Gasteiger partial charge >= 0.3 is 0 Å². The van der Waals surface area contributed by atoms with E-state index in [2.05, 4.69) is 19.2 Å². The van der Waals surface area contributed by atoms with Gasteiger partial charge in [-0.2, -0.15) is 0 Å². The zero-order valence-electron chi connectivity index (χ0n) is 17.5. The fourth-order valence-corrected chi connectivity index (χ4v) is 3.35. The zero-order valence-corrected chi connectivity index (χ0v) is 19.0. The van der Waals surface area contributed by atoms with Gasteiger partial charge in [0.05, 0.1) is 19.4 Å². The summed E-state index contributed by atoms with van der Waals surface area (Å²) >= 11 is 11.1. The summed E-state index contributed by atoms with van der Waals surface area (Å²) in [4.78, 5) is 26.8. The lowest BCUT2D eigenvalue weighted by Gasteiger charge is -2.29. The summed E-state index contributed by atoms with van der Waals surface area (Å²) in [5.41, 5.74) is 1.09. The van der Waals surface area contributed by atoms with Crippen molar-refractivity contribution in [3.63, 3.8) is 0 Å². The molecule has 2 aromatic carbocycles. The maximum Gasteiger partial charge on any atom is 0.270 e. The van der Waals surface area contributed by atoms with Crippen LogP contribution in [0.1, 0.15) is 25.8 Å². The van der Waals surface area contributed by atoms with Gasteiger partial charge in [0.25, 0.3) is 11.8 Å². The Labute approximate surface area is 191 Å². The summed E-state index contributed by atoms with van der Waals surface area (Å²) in [5, 5.41) is 3.11. The van der Waals surface area contributed by atoms with E-state index < -0.39 is 11.8 Å². The minimum absolute atomic E-state index is 0.0148. The average Bonchev–Trinajstić information content (AvgIpc) is 2.72. The van der Waals surface area contributed by atoms with Crippen LogP contribution in [-0.4, -0.2) is 30.6 Å². The minimum Gasteiger partial charge on any atom is -0.493 e. The van der Waals surface area contributed by atoms with Gasteiger partial charge in [-0.15, -0.1) is 0 Å². The average molecular weight is 459 g/mol. The van der Waals surface area contributed by atoms with Gasteiger partial charge < -0.3 is 9.47 Å². The van der Waals surface area contributed by atoms with Gasteiger partial charge in [0.15, 0.2) is 16.6 Å². The van der Waals surface area contributed by atoms with Crippen LogP contribution < -0.4 is 19.7 Å². The van der Waals surface area contributed by atoms with Crippen molar-refractivity contribution < 1.29 is 19.1 Å². The molecule has 1 heterocycles. The van der Waals surface area contributed by atoms with E-state index >= 15 is 0 Å². The number of rotatable bonds is 7. The maximum atomic E-state index is 13.1.